The minimum Gasteiger partial charge on any atom is -0.657 e. The number of hydrogen-bond donors (Lipinski definition) is 4. The molecule has 0 aromatic carbocycles. The Balaban J connectivity index is 0.00000461. The first-order chi connectivity index (χ1) is 20.8. The summed E-state index contributed by atoms with van der Waals surface area (Å²) in [5.41, 5.74) is 8.32. The van der Waals surface area contributed by atoms with Crippen LogP contribution >= 0.6 is 0 Å². The number of carboxylic acid groups (broad SMARTS) is 2. The first-order valence-electron chi connectivity index (χ1n) is 14.6. The first-order valence-corrected chi connectivity index (χ1v) is 14.6. The average molecular weight is 662 g/mol. The molecule has 4 aromatic rings. The zero-order valence-corrected chi connectivity index (χ0v) is 29.4. The van der Waals surface area contributed by atoms with Gasteiger partial charge in [-0.3, -0.25) is 9.59 Å². The fourth-order valence-corrected chi connectivity index (χ4v) is 6.15. The molecule has 2 atom stereocenters. The van der Waals surface area contributed by atoms with Crippen molar-refractivity contribution in [1.29, 1.82) is 0 Å². The molecule has 0 amide bonds. The van der Waals surface area contributed by atoms with Crippen molar-refractivity contribution in [3.63, 3.8) is 0 Å². The monoisotopic (exact) mass is 660 g/mol. The van der Waals surface area contributed by atoms with Gasteiger partial charge in [0, 0.05) is 32.3 Å². The number of fused-ring (bicyclic) bond motifs is 8. The number of carbonyl (C=O) groups is 2. The summed E-state index contributed by atoms with van der Waals surface area (Å²) >= 11 is 0. The summed E-state index contributed by atoms with van der Waals surface area (Å²) < 4.78 is 0. The molecule has 0 fully saturated rings. The first kappa shape index (κ1) is 34.0. The Kier molecular flexibility index (Phi) is 9.97. The molecule has 10 nitrogen and oxygen atoms in total. The number of aliphatic hydroxyl groups excluding tert-OH is 2. The molecule has 45 heavy (non-hydrogen) atoms. The average Bonchev–Trinajstić information content (AvgIpc) is 3.59. The van der Waals surface area contributed by atoms with E-state index in [0.717, 1.165) is 33.4 Å². The van der Waals surface area contributed by atoms with Crippen molar-refractivity contribution >= 4 is 36.2 Å². The van der Waals surface area contributed by atoms with Crippen molar-refractivity contribution in [1.82, 2.24) is 19.9 Å². The van der Waals surface area contributed by atoms with Gasteiger partial charge in [0.15, 0.2) is 0 Å². The Morgan fingerprint density at radius 1 is 0.578 bits per heavy atom. The molecule has 0 saturated heterocycles. The van der Waals surface area contributed by atoms with E-state index < -0.39 is 24.1 Å². The molecular formula is C34H36N4O6Zn-4. The van der Waals surface area contributed by atoms with Gasteiger partial charge in [-0.1, -0.05) is 57.7 Å². The van der Waals surface area contributed by atoms with E-state index in [1.165, 1.54) is 0 Å². The van der Waals surface area contributed by atoms with Gasteiger partial charge in [-0.15, -0.1) is 44.2 Å². The Bertz CT molecular complexity index is 2040. The molecule has 1 aliphatic rings. The van der Waals surface area contributed by atoms with Crippen LogP contribution in [0.2, 0.25) is 0 Å². The van der Waals surface area contributed by atoms with Crippen LogP contribution in [0.3, 0.4) is 0 Å². The molecule has 8 bridgehead atoms. The Morgan fingerprint density at radius 2 is 1.04 bits per heavy atom. The summed E-state index contributed by atoms with van der Waals surface area (Å²) in [4.78, 5) is 42.6. The van der Waals surface area contributed by atoms with Crippen LogP contribution in [0.5, 0.6) is 0 Å². The van der Waals surface area contributed by atoms with Gasteiger partial charge in [0.05, 0.1) is 12.2 Å². The maximum Gasteiger partial charge on any atom is 0.303 e. The van der Waals surface area contributed by atoms with Crippen molar-refractivity contribution in [2.75, 3.05) is 0 Å². The molecule has 11 heteroatoms. The topological polar surface area (TPSA) is 171 Å². The van der Waals surface area contributed by atoms with Crippen LogP contribution in [0.15, 0.2) is 0 Å². The summed E-state index contributed by atoms with van der Waals surface area (Å²) in [6.45, 7) is 10.9. The third kappa shape index (κ3) is 6.57. The predicted molar refractivity (Wildman–Crippen MR) is 164 cm³/mol. The fourth-order valence-electron chi connectivity index (χ4n) is 6.15. The maximum atomic E-state index is 11.5. The van der Waals surface area contributed by atoms with Crippen LogP contribution in [-0.4, -0.2) is 32.4 Å². The third-order valence-electron chi connectivity index (χ3n) is 8.49. The third-order valence-corrected chi connectivity index (χ3v) is 8.49. The molecule has 0 spiro atoms. The van der Waals surface area contributed by atoms with E-state index in [9.17, 15) is 30.0 Å². The number of aliphatic hydroxyl groups is 2. The number of carboxylic acids is 2. The Hall–Kier alpha value is -3.92. The van der Waals surface area contributed by atoms with Crippen molar-refractivity contribution < 1.29 is 49.5 Å². The van der Waals surface area contributed by atoms with Gasteiger partial charge >= 0.3 is 11.9 Å². The minimum absolute atomic E-state index is 0. The molecule has 5 heterocycles. The summed E-state index contributed by atoms with van der Waals surface area (Å²) in [5.74, 6) is -1.86. The number of rotatable bonds is 8. The minimum atomic E-state index is -0.931. The summed E-state index contributed by atoms with van der Waals surface area (Å²) in [6, 6.07) is 0. The maximum absolute atomic E-state index is 11.5. The zero-order chi connectivity index (χ0) is 32.0. The molecule has 0 aliphatic carbocycles. The van der Waals surface area contributed by atoms with Gasteiger partial charge in [0.2, 0.25) is 0 Å². The van der Waals surface area contributed by atoms with Gasteiger partial charge in [-0.2, -0.15) is 0 Å². The molecule has 2 unspecified atom stereocenters. The van der Waals surface area contributed by atoms with Gasteiger partial charge in [0.1, 0.15) is 0 Å². The van der Waals surface area contributed by atoms with E-state index in [1.54, 1.807) is 26.0 Å². The standard InChI is InChI=1S/C34H36N4O6.Zn/c1-15-21(7-9-31(41)42)27-14-28-22(8-10-32(43)44)16(2)24(36-28)12-29-34(20(6)40)18(4)26(38-29)13-30-33(19(5)39)17(3)25(37-30)11-23(15)35-27;/h11-14,19-20,39-40H,7-10H2,1-6H3,(H,41,42)(H,43,44);/q-4;/b23-11?,24-12-,25-11-,26-13?,27-14?,28-14-,29-12?,30-13-;. The van der Waals surface area contributed by atoms with E-state index in [4.69, 9.17) is 19.9 Å². The van der Waals surface area contributed by atoms with E-state index >= 15 is 0 Å². The SMILES string of the molecule is Cc1c2[n-]c(c1CCC(=O)O)/C=c1\[n-]/c(c(C)c1CCC(=O)O)=C\c1[n-]c(c(C)c1C(C)O)/C=c1\[n-]/c(c(C)c1C(C)O)=C\2.[Zn]. The largest absolute Gasteiger partial charge is 0.657 e. The van der Waals surface area contributed by atoms with Crippen LogP contribution < -0.4 is 41.3 Å². The molecule has 234 valence electrons. The summed E-state index contributed by atoms with van der Waals surface area (Å²) in [5, 5.41) is 42.7. The van der Waals surface area contributed by atoms with Crippen LogP contribution in [0.4, 0.5) is 0 Å². The molecule has 4 N–H and O–H groups in total. The van der Waals surface area contributed by atoms with Crippen LogP contribution in [0, 0.1) is 27.7 Å². The van der Waals surface area contributed by atoms with Crippen molar-refractivity contribution in [3.05, 3.63) is 88.7 Å². The van der Waals surface area contributed by atoms with Crippen LogP contribution in [-0.2, 0) is 41.9 Å². The molecule has 1 aliphatic heterocycles. The number of aliphatic carboxylic acids is 2. The quantitative estimate of drug-likeness (QED) is 0.172. The Labute approximate surface area is 273 Å². The van der Waals surface area contributed by atoms with Gasteiger partial charge in [0.25, 0.3) is 0 Å². The Morgan fingerprint density at radius 3 is 1.64 bits per heavy atom. The summed E-state index contributed by atoms with van der Waals surface area (Å²) in [6.07, 6.45) is 5.93. The van der Waals surface area contributed by atoms with E-state index in [1.807, 2.05) is 39.8 Å². The molecule has 0 radical (unpaired) electrons. The van der Waals surface area contributed by atoms with Crippen LogP contribution in [0.25, 0.3) is 24.3 Å². The predicted octanol–water partition coefficient (Wildman–Crippen LogP) is 0.516. The molecule has 4 aromatic heterocycles. The molecule has 0 saturated carbocycles. The zero-order valence-electron chi connectivity index (χ0n) is 26.4. The smallest absolute Gasteiger partial charge is 0.303 e. The van der Waals surface area contributed by atoms with Crippen LogP contribution in [0.1, 0.15) is 106 Å². The van der Waals surface area contributed by atoms with E-state index in [2.05, 4.69) is 0 Å². The van der Waals surface area contributed by atoms with E-state index in [0.29, 0.717) is 55.3 Å². The second-order valence-electron chi connectivity index (χ2n) is 11.5. The summed E-state index contributed by atoms with van der Waals surface area (Å²) in [7, 11) is 0. The number of hydrogen-bond acceptors (Lipinski definition) is 4. The number of aromatic nitrogens is 4. The van der Waals surface area contributed by atoms with Crippen molar-refractivity contribution in [3.8, 4) is 0 Å². The number of nitrogens with zero attached hydrogens (tertiary/aromatic N) is 4. The normalized spacial score (nSPS) is 16.5. The van der Waals surface area contributed by atoms with Gasteiger partial charge in [-0.05, 0) is 65.5 Å². The van der Waals surface area contributed by atoms with E-state index in [-0.39, 0.29) is 45.2 Å². The van der Waals surface area contributed by atoms with Gasteiger partial charge < -0.3 is 40.4 Å². The van der Waals surface area contributed by atoms with Crippen molar-refractivity contribution in [2.45, 2.75) is 79.4 Å². The fraction of sp³-hybridized carbons (Fsp3) is 0.353. The molecular weight excluding hydrogens is 626 g/mol. The van der Waals surface area contributed by atoms with Crippen molar-refractivity contribution in [2.24, 2.45) is 0 Å². The van der Waals surface area contributed by atoms with Gasteiger partial charge in [-0.25, -0.2) is 0 Å². The molecule has 5 rings (SSSR count). The second-order valence-corrected chi connectivity index (χ2v) is 11.5. The second kappa shape index (κ2) is 13.2.